The first-order chi connectivity index (χ1) is 6.52. The fraction of sp³-hybridized carbons (Fsp3) is 0.600. The summed E-state index contributed by atoms with van der Waals surface area (Å²) in [7, 11) is 0. The second kappa shape index (κ2) is 3.28. The van der Waals surface area contributed by atoms with Crippen LogP contribution in [-0.2, 0) is 5.54 Å². The maximum absolute atomic E-state index is 12.9. The van der Waals surface area contributed by atoms with E-state index in [1.807, 2.05) is 17.5 Å². The predicted octanol–water partition coefficient (Wildman–Crippen LogP) is 3.11. The molecule has 0 bridgehead atoms. The number of rotatable bonds is 1. The van der Waals surface area contributed by atoms with Gasteiger partial charge in [-0.1, -0.05) is 6.07 Å². The van der Waals surface area contributed by atoms with E-state index in [4.69, 9.17) is 5.73 Å². The van der Waals surface area contributed by atoms with Gasteiger partial charge in [-0.2, -0.15) is 0 Å². The van der Waals surface area contributed by atoms with Gasteiger partial charge in [0.25, 0.3) is 0 Å². The molecular formula is C10H13F2NS. The number of thiophene rings is 1. The molecule has 0 aliphatic heterocycles. The molecule has 1 heterocycles. The van der Waals surface area contributed by atoms with Crippen LogP contribution in [0.5, 0.6) is 0 Å². The number of nitrogens with two attached hydrogens (primary N) is 1. The molecule has 1 aromatic heterocycles. The van der Waals surface area contributed by atoms with E-state index in [0.29, 0.717) is 12.8 Å². The lowest BCUT2D eigenvalue weighted by atomic mass is 9.80. The molecule has 78 valence electrons. The van der Waals surface area contributed by atoms with Gasteiger partial charge in [0.2, 0.25) is 5.92 Å². The molecule has 0 saturated heterocycles. The van der Waals surface area contributed by atoms with Gasteiger partial charge >= 0.3 is 0 Å². The Labute approximate surface area is 85.9 Å². The van der Waals surface area contributed by atoms with E-state index >= 15 is 0 Å². The van der Waals surface area contributed by atoms with Gasteiger partial charge in [0.05, 0.1) is 5.54 Å². The summed E-state index contributed by atoms with van der Waals surface area (Å²) in [5.41, 5.74) is 5.62. The molecule has 2 rings (SSSR count). The van der Waals surface area contributed by atoms with Crippen LogP contribution in [-0.4, -0.2) is 5.92 Å². The molecule has 1 aliphatic carbocycles. The van der Waals surface area contributed by atoms with Crippen molar-refractivity contribution in [2.45, 2.75) is 37.1 Å². The van der Waals surface area contributed by atoms with Crippen LogP contribution in [0.3, 0.4) is 0 Å². The second-order valence-corrected chi connectivity index (χ2v) is 4.94. The minimum Gasteiger partial charge on any atom is -0.321 e. The largest absolute Gasteiger partial charge is 0.321 e. The number of alkyl halides is 2. The monoisotopic (exact) mass is 217 g/mol. The molecule has 0 atom stereocenters. The number of hydrogen-bond donors (Lipinski definition) is 1. The van der Waals surface area contributed by atoms with Crippen molar-refractivity contribution >= 4 is 11.3 Å². The van der Waals surface area contributed by atoms with Crippen LogP contribution in [0.2, 0.25) is 0 Å². The molecule has 0 unspecified atom stereocenters. The molecule has 1 saturated carbocycles. The lowest BCUT2D eigenvalue weighted by Crippen LogP contribution is -2.42. The van der Waals surface area contributed by atoms with Crippen LogP contribution in [0, 0.1) is 0 Å². The molecule has 1 fully saturated rings. The first kappa shape index (κ1) is 10.1. The summed E-state index contributed by atoms with van der Waals surface area (Å²) >= 11 is 1.56. The van der Waals surface area contributed by atoms with Gasteiger partial charge in [0.1, 0.15) is 0 Å². The highest BCUT2D eigenvalue weighted by atomic mass is 32.1. The third-order valence-electron chi connectivity index (χ3n) is 2.89. The molecule has 1 nitrogen and oxygen atoms in total. The number of hydrogen-bond acceptors (Lipinski definition) is 2. The molecule has 2 N–H and O–H groups in total. The van der Waals surface area contributed by atoms with Gasteiger partial charge in [-0.3, -0.25) is 0 Å². The van der Waals surface area contributed by atoms with Gasteiger partial charge in [0.15, 0.2) is 0 Å². The Morgan fingerprint density at radius 3 is 2.36 bits per heavy atom. The summed E-state index contributed by atoms with van der Waals surface area (Å²) in [5, 5.41) is 1.94. The van der Waals surface area contributed by atoms with Gasteiger partial charge in [-0.25, -0.2) is 8.78 Å². The van der Waals surface area contributed by atoms with Crippen molar-refractivity contribution in [2.24, 2.45) is 5.73 Å². The Balaban J connectivity index is 2.13. The maximum atomic E-state index is 12.9. The van der Waals surface area contributed by atoms with Crippen LogP contribution in [0.4, 0.5) is 8.78 Å². The fourth-order valence-corrected chi connectivity index (χ4v) is 2.77. The van der Waals surface area contributed by atoms with Crippen molar-refractivity contribution in [1.29, 1.82) is 0 Å². The first-order valence-corrected chi connectivity index (χ1v) is 5.61. The van der Waals surface area contributed by atoms with E-state index in [-0.39, 0.29) is 12.8 Å². The standard InChI is InChI=1S/C10H13F2NS/c11-10(12)5-3-9(13,4-6-10)8-2-1-7-14-8/h1-2,7H,3-6,13H2. The predicted molar refractivity (Wildman–Crippen MR) is 53.6 cm³/mol. The average molecular weight is 217 g/mol. The zero-order chi connectivity index (χ0) is 10.2. The maximum Gasteiger partial charge on any atom is 0.248 e. The third kappa shape index (κ3) is 1.81. The van der Waals surface area contributed by atoms with E-state index in [1.54, 1.807) is 11.3 Å². The smallest absolute Gasteiger partial charge is 0.248 e. The Morgan fingerprint density at radius 1 is 1.21 bits per heavy atom. The minimum atomic E-state index is -2.50. The minimum absolute atomic E-state index is 0.0819. The summed E-state index contributed by atoms with van der Waals surface area (Å²) in [5.74, 6) is -2.50. The lowest BCUT2D eigenvalue weighted by molar-refractivity contribution is -0.0509. The van der Waals surface area contributed by atoms with Crippen LogP contribution < -0.4 is 5.73 Å². The molecule has 14 heavy (non-hydrogen) atoms. The highest BCUT2D eigenvalue weighted by molar-refractivity contribution is 7.10. The normalized spacial score (nSPS) is 24.8. The zero-order valence-electron chi connectivity index (χ0n) is 7.80. The molecule has 1 aromatic rings. The summed E-state index contributed by atoms with van der Waals surface area (Å²) in [6.45, 7) is 0. The number of halogens is 2. The summed E-state index contributed by atoms with van der Waals surface area (Å²) in [4.78, 5) is 1.04. The topological polar surface area (TPSA) is 26.0 Å². The Bertz CT molecular complexity index is 298. The lowest BCUT2D eigenvalue weighted by Gasteiger charge is -2.36. The average Bonchev–Trinajstić information content (AvgIpc) is 2.64. The van der Waals surface area contributed by atoms with Gasteiger partial charge in [-0.05, 0) is 24.3 Å². The molecular weight excluding hydrogens is 204 g/mol. The van der Waals surface area contributed by atoms with Crippen LogP contribution >= 0.6 is 11.3 Å². The van der Waals surface area contributed by atoms with E-state index in [9.17, 15) is 8.78 Å². The van der Waals surface area contributed by atoms with Crippen LogP contribution in [0.1, 0.15) is 30.6 Å². The Kier molecular flexibility index (Phi) is 2.35. The Morgan fingerprint density at radius 2 is 1.86 bits per heavy atom. The molecule has 0 amide bonds. The fourth-order valence-electron chi connectivity index (χ4n) is 1.87. The SMILES string of the molecule is NC1(c2cccs2)CCC(F)(F)CC1. The highest BCUT2D eigenvalue weighted by Gasteiger charge is 2.42. The summed E-state index contributed by atoms with van der Waals surface area (Å²) in [6.07, 6.45) is 0.615. The molecule has 1 aliphatic rings. The van der Waals surface area contributed by atoms with Crippen molar-refractivity contribution in [3.63, 3.8) is 0 Å². The van der Waals surface area contributed by atoms with Gasteiger partial charge in [0, 0.05) is 17.7 Å². The Hall–Kier alpha value is -0.480. The van der Waals surface area contributed by atoms with Gasteiger partial charge in [-0.15, -0.1) is 11.3 Å². The van der Waals surface area contributed by atoms with Crippen LogP contribution in [0.25, 0.3) is 0 Å². The molecule has 0 radical (unpaired) electrons. The van der Waals surface area contributed by atoms with Crippen molar-refractivity contribution in [3.8, 4) is 0 Å². The second-order valence-electron chi connectivity index (χ2n) is 3.99. The summed E-state index contributed by atoms with van der Waals surface area (Å²) < 4.78 is 25.9. The van der Waals surface area contributed by atoms with E-state index in [2.05, 4.69) is 0 Å². The van der Waals surface area contributed by atoms with Crippen molar-refractivity contribution in [3.05, 3.63) is 22.4 Å². The summed E-state index contributed by atoms with van der Waals surface area (Å²) in [6, 6.07) is 3.86. The highest BCUT2D eigenvalue weighted by Crippen LogP contribution is 2.43. The molecule has 0 aromatic carbocycles. The quantitative estimate of drug-likeness (QED) is 0.768. The van der Waals surface area contributed by atoms with Crippen molar-refractivity contribution in [1.82, 2.24) is 0 Å². The van der Waals surface area contributed by atoms with Crippen molar-refractivity contribution in [2.75, 3.05) is 0 Å². The van der Waals surface area contributed by atoms with Crippen molar-refractivity contribution < 1.29 is 8.78 Å². The molecule has 4 heteroatoms. The van der Waals surface area contributed by atoms with E-state index < -0.39 is 11.5 Å². The van der Waals surface area contributed by atoms with Crippen LogP contribution in [0.15, 0.2) is 17.5 Å². The zero-order valence-corrected chi connectivity index (χ0v) is 8.62. The van der Waals surface area contributed by atoms with E-state index in [1.165, 1.54) is 0 Å². The van der Waals surface area contributed by atoms with E-state index in [0.717, 1.165) is 4.88 Å². The van der Waals surface area contributed by atoms with Gasteiger partial charge < -0.3 is 5.73 Å². The third-order valence-corrected chi connectivity index (χ3v) is 3.98. The first-order valence-electron chi connectivity index (χ1n) is 4.73. The molecule has 0 spiro atoms.